The topological polar surface area (TPSA) is 75.5 Å². The van der Waals surface area contributed by atoms with Crippen molar-refractivity contribution < 1.29 is 14.1 Å². The number of nitrogens with one attached hydrogen (secondary N) is 1. The van der Waals surface area contributed by atoms with Crippen molar-refractivity contribution in [3.63, 3.8) is 0 Å². The number of piperidine rings is 1. The van der Waals surface area contributed by atoms with Gasteiger partial charge in [-0.1, -0.05) is 13.3 Å². The molecule has 0 bridgehead atoms. The zero-order chi connectivity index (χ0) is 18.4. The predicted molar refractivity (Wildman–Crippen MR) is 93.6 cm³/mol. The van der Waals surface area contributed by atoms with Crippen LogP contribution in [-0.4, -0.2) is 34.9 Å². The summed E-state index contributed by atoms with van der Waals surface area (Å²) in [5.41, 5.74) is 0.270. The first-order valence-electron chi connectivity index (χ1n) is 8.87. The number of likely N-dealkylation sites (tertiary alicyclic amines) is 1. The Hall–Kier alpha value is -2.02. The molecule has 0 aliphatic carbocycles. The molecule has 1 aliphatic rings. The first-order valence-corrected chi connectivity index (χ1v) is 8.87. The van der Waals surface area contributed by atoms with Gasteiger partial charge in [0.2, 0.25) is 5.91 Å². The predicted octanol–water partition coefficient (Wildman–Crippen LogP) is 3.25. The summed E-state index contributed by atoms with van der Waals surface area (Å²) in [5, 5.41) is 14.1. The zero-order valence-corrected chi connectivity index (χ0v) is 14.8. The third kappa shape index (κ3) is 5.22. The Morgan fingerprint density at radius 3 is 2.88 bits per heavy atom. The van der Waals surface area contributed by atoms with E-state index in [4.69, 9.17) is 0 Å². The quantitative estimate of drug-likeness (QED) is 0.465. The first-order chi connectivity index (χ1) is 11.9. The molecule has 6 nitrogen and oxygen atoms in total. The second kappa shape index (κ2) is 8.89. The van der Waals surface area contributed by atoms with Crippen molar-refractivity contribution in [2.45, 2.75) is 52.1 Å². The van der Waals surface area contributed by atoms with Crippen LogP contribution >= 0.6 is 0 Å². The van der Waals surface area contributed by atoms with Gasteiger partial charge in [-0.15, -0.1) is 0 Å². The van der Waals surface area contributed by atoms with Crippen LogP contribution in [0.15, 0.2) is 18.2 Å². The van der Waals surface area contributed by atoms with E-state index >= 15 is 0 Å². The minimum absolute atomic E-state index is 0.0408. The lowest BCUT2D eigenvalue weighted by Gasteiger charge is -2.37. The number of hydrogen-bond donors (Lipinski definition) is 1. The van der Waals surface area contributed by atoms with E-state index in [0.717, 1.165) is 31.7 Å². The normalized spacial score (nSPS) is 21.1. The molecule has 0 radical (unpaired) electrons. The Kier molecular flexibility index (Phi) is 6.87. The standard InChI is InChI=1S/C18H26FN3O3/c1-3-4-9-20-18(23)14-6-5-13(2)21(11-14)12-15-10-16(19)7-8-17(15)22(24)25/h7-8,10,13-14H,3-6,9,11-12H2,1-2H3,(H,20,23)/t13-,14+/m1/s1. The van der Waals surface area contributed by atoms with E-state index in [9.17, 15) is 19.3 Å². The summed E-state index contributed by atoms with van der Waals surface area (Å²) in [6.07, 6.45) is 3.63. The van der Waals surface area contributed by atoms with Crippen molar-refractivity contribution >= 4 is 11.6 Å². The molecular weight excluding hydrogens is 325 g/mol. The lowest BCUT2D eigenvalue weighted by Crippen LogP contribution is -2.46. The monoisotopic (exact) mass is 351 g/mol. The van der Waals surface area contributed by atoms with Crippen molar-refractivity contribution in [1.29, 1.82) is 0 Å². The summed E-state index contributed by atoms with van der Waals surface area (Å²) in [4.78, 5) is 25.0. The maximum absolute atomic E-state index is 13.5. The highest BCUT2D eigenvalue weighted by molar-refractivity contribution is 5.78. The van der Waals surface area contributed by atoms with Crippen LogP contribution in [-0.2, 0) is 11.3 Å². The highest BCUT2D eigenvalue weighted by atomic mass is 19.1. The Morgan fingerprint density at radius 2 is 2.20 bits per heavy atom. The van der Waals surface area contributed by atoms with Gasteiger partial charge in [0.05, 0.1) is 10.8 Å². The van der Waals surface area contributed by atoms with Gasteiger partial charge in [0.25, 0.3) is 5.69 Å². The molecule has 1 aromatic carbocycles. The number of halogens is 1. The van der Waals surface area contributed by atoms with E-state index in [0.29, 0.717) is 18.7 Å². The number of benzene rings is 1. The smallest absolute Gasteiger partial charge is 0.274 e. The molecule has 0 unspecified atom stereocenters. The SMILES string of the molecule is CCCCNC(=O)[C@H]1CC[C@@H](C)N(Cc2cc(F)ccc2[N+](=O)[O-])C1. The highest BCUT2D eigenvalue weighted by Gasteiger charge is 2.31. The third-order valence-electron chi connectivity index (χ3n) is 4.82. The van der Waals surface area contributed by atoms with Crippen molar-refractivity contribution in [2.24, 2.45) is 5.92 Å². The highest BCUT2D eigenvalue weighted by Crippen LogP contribution is 2.27. The molecule has 1 saturated heterocycles. The minimum Gasteiger partial charge on any atom is -0.356 e. The first kappa shape index (κ1) is 19.3. The van der Waals surface area contributed by atoms with Gasteiger partial charge >= 0.3 is 0 Å². The third-order valence-corrected chi connectivity index (χ3v) is 4.82. The average Bonchev–Trinajstić information content (AvgIpc) is 2.56. The number of nitrogens with zero attached hydrogens (tertiary/aromatic N) is 2. The molecule has 1 fully saturated rings. The van der Waals surface area contributed by atoms with Crippen LogP contribution in [0.2, 0.25) is 0 Å². The Bertz CT molecular complexity index is 624. The van der Waals surface area contributed by atoms with E-state index in [1.165, 1.54) is 12.1 Å². The summed E-state index contributed by atoms with van der Waals surface area (Å²) in [6, 6.07) is 3.72. The molecule has 2 atom stereocenters. The van der Waals surface area contributed by atoms with Crippen molar-refractivity contribution in [1.82, 2.24) is 10.2 Å². The van der Waals surface area contributed by atoms with Crippen molar-refractivity contribution in [3.8, 4) is 0 Å². The molecule has 1 N–H and O–H groups in total. The lowest BCUT2D eigenvalue weighted by molar-refractivity contribution is -0.385. The molecule has 1 heterocycles. The fourth-order valence-electron chi connectivity index (χ4n) is 3.22. The average molecular weight is 351 g/mol. The summed E-state index contributed by atoms with van der Waals surface area (Å²) in [5.74, 6) is -0.570. The van der Waals surface area contributed by atoms with E-state index in [1.54, 1.807) is 0 Å². The van der Waals surface area contributed by atoms with Crippen LogP contribution in [0.3, 0.4) is 0 Å². The fourth-order valence-corrected chi connectivity index (χ4v) is 3.22. The number of amides is 1. The molecule has 0 spiro atoms. The second-order valence-corrected chi connectivity index (χ2v) is 6.73. The van der Waals surface area contributed by atoms with Gasteiger partial charge in [-0.2, -0.15) is 0 Å². The van der Waals surface area contributed by atoms with Crippen molar-refractivity contribution in [2.75, 3.05) is 13.1 Å². The van der Waals surface area contributed by atoms with Crippen LogP contribution in [0.1, 0.15) is 45.1 Å². The molecule has 1 aliphatic heterocycles. The Labute approximate surface area is 147 Å². The molecule has 25 heavy (non-hydrogen) atoms. The van der Waals surface area contributed by atoms with Gasteiger partial charge in [0, 0.05) is 37.3 Å². The maximum atomic E-state index is 13.5. The van der Waals surface area contributed by atoms with Crippen LogP contribution in [0.4, 0.5) is 10.1 Å². The van der Waals surface area contributed by atoms with E-state index < -0.39 is 10.7 Å². The summed E-state index contributed by atoms with van der Waals surface area (Å²) in [7, 11) is 0. The number of nitro benzene ring substituents is 1. The summed E-state index contributed by atoms with van der Waals surface area (Å²) in [6.45, 7) is 5.59. The van der Waals surface area contributed by atoms with Crippen LogP contribution in [0, 0.1) is 21.8 Å². The maximum Gasteiger partial charge on any atom is 0.274 e. The minimum atomic E-state index is -0.488. The van der Waals surface area contributed by atoms with Gasteiger partial charge in [-0.3, -0.25) is 19.8 Å². The van der Waals surface area contributed by atoms with Gasteiger partial charge in [0.1, 0.15) is 5.82 Å². The summed E-state index contributed by atoms with van der Waals surface area (Å²) >= 11 is 0. The lowest BCUT2D eigenvalue weighted by atomic mass is 9.92. The molecule has 2 rings (SSSR count). The Morgan fingerprint density at radius 1 is 1.44 bits per heavy atom. The zero-order valence-electron chi connectivity index (χ0n) is 14.8. The molecule has 138 valence electrons. The number of carbonyl (C=O) groups excluding carboxylic acids is 1. The number of nitro groups is 1. The van der Waals surface area contributed by atoms with E-state index in [2.05, 4.69) is 12.2 Å². The van der Waals surface area contributed by atoms with Crippen LogP contribution < -0.4 is 5.32 Å². The summed E-state index contributed by atoms with van der Waals surface area (Å²) < 4.78 is 13.5. The van der Waals surface area contributed by atoms with Gasteiger partial charge < -0.3 is 5.32 Å². The molecule has 1 aromatic rings. The van der Waals surface area contributed by atoms with Crippen molar-refractivity contribution in [3.05, 3.63) is 39.7 Å². The second-order valence-electron chi connectivity index (χ2n) is 6.73. The van der Waals surface area contributed by atoms with Crippen LogP contribution in [0.5, 0.6) is 0 Å². The molecule has 1 amide bonds. The fraction of sp³-hybridized carbons (Fsp3) is 0.611. The number of unbranched alkanes of at least 4 members (excludes halogenated alkanes) is 1. The van der Waals surface area contributed by atoms with Gasteiger partial charge in [-0.05, 0) is 38.3 Å². The largest absolute Gasteiger partial charge is 0.356 e. The van der Waals surface area contributed by atoms with Gasteiger partial charge in [0.15, 0.2) is 0 Å². The number of carbonyl (C=O) groups is 1. The van der Waals surface area contributed by atoms with E-state index in [1.807, 2.05) is 11.8 Å². The number of hydrogen-bond acceptors (Lipinski definition) is 4. The van der Waals surface area contributed by atoms with E-state index in [-0.39, 0.29) is 30.1 Å². The molecular formula is C18H26FN3O3. The molecule has 0 saturated carbocycles. The van der Waals surface area contributed by atoms with Gasteiger partial charge in [-0.25, -0.2) is 4.39 Å². The Balaban J connectivity index is 2.06. The molecule has 7 heteroatoms. The number of rotatable bonds is 7. The molecule has 0 aromatic heterocycles. The van der Waals surface area contributed by atoms with Crippen LogP contribution in [0.25, 0.3) is 0 Å².